The van der Waals surface area contributed by atoms with Crippen LogP contribution in [-0.2, 0) is 5.41 Å². The molecule has 2 rings (SSSR count). The van der Waals surface area contributed by atoms with Crippen molar-refractivity contribution in [1.82, 2.24) is 0 Å². The average Bonchev–Trinajstić information content (AvgIpc) is 2.39. The maximum Gasteiger partial charge on any atom is 0.150 e. The molecule has 0 aliphatic heterocycles. The maximum absolute atomic E-state index is 11.1. The number of aldehydes is 1. The van der Waals surface area contributed by atoms with Gasteiger partial charge in [-0.05, 0) is 11.6 Å². The quantitative estimate of drug-likeness (QED) is 0.833. The van der Waals surface area contributed by atoms with Gasteiger partial charge in [0.25, 0.3) is 0 Å². The highest BCUT2D eigenvalue weighted by Gasteiger charge is 2.28. The highest BCUT2D eigenvalue weighted by Crippen LogP contribution is 2.38. The number of carbonyl (C=O) groups excluding carboxylic acids is 1. The summed E-state index contributed by atoms with van der Waals surface area (Å²) in [5, 5.41) is 10.1. The van der Waals surface area contributed by atoms with E-state index in [0.717, 1.165) is 11.8 Å². The molecule has 0 spiro atoms. The first-order valence-corrected chi connectivity index (χ1v) is 5.90. The third kappa shape index (κ3) is 2.02. The minimum absolute atomic E-state index is 0.161. The number of carbonyl (C=O) groups is 1. The summed E-state index contributed by atoms with van der Waals surface area (Å²) in [5.41, 5.74) is 1.85. The molecule has 2 aromatic carbocycles. The molecule has 0 heterocycles. The van der Waals surface area contributed by atoms with Crippen molar-refractivity contribution in [2.45, 2.75) is 19.3 Å². The van der Waals surface area contributed by atoms with Crippen molar-refractivity contribution < 1.29 is 9.90 Å². The number of phenols is 1. The lowest BCUT2D eigenvalue weighted by Crippen LogP contribution is -2.21. The van der Waals surface area contributed by atoms with Gasteiger partial charge < -0.3 is 5.11 Å². The summed E-state index contributed by atoms with van der Waals surface area (Å²) in [6.45, 7) is 4.01. The Balaban J connectivity index is 2.64. The zero-order valence-electron chi connectivity index (χ0n) is 10.6. The molecule has 0 fully saturated rings. The molecule has 0 unspecified atom stereocenters. The van der Waals surface area contributed by atoms with E-state index in [9.17, 15) is 9.90 Å². The summed E-state index contributed by atoms with van der Waals surface area (Å²) in [6.07, 6.45) is 0.791. The van der Waals surface area contributed by atoms with Crippen molar-refractivity contribution >= 4 is 6.29 Å². The first kappa shape index (κ1) is 12.4. The second kappa shape index (κ2) is 4.65. The molecule has 2 aromatic rings. The summed E-state index contributed by atoms with van der Waals surface area (Å²) in [4.78, 5) is 11.1. The molecule has 0 aliphatic carbocycles. The zero-order chi connectivity index (χ0) is 13.2. The molecule has 0 saturated heterocycles. The van der Waals surface area contributed by atoms with Crippen LogP contribution >= 0.6 is 0 Å². The van der Waals surface area contributed by atoms with E-state index >= 15 is 0 Å². The molecule has 0 saturated carbocycles. The van der Waals surface area contributed by atoms with Crippen LogP contribution in [0.1, 0.15) is 35.3 Å². The van der Waals surface area contributed by atoms with Gasteiger partial charge in [0, 0.05) is 16.5 Å². The first-order valence-electron chi connectivity index (χ1n) is 5.90. The van der Waals surface area contributed by atoms with Crippen LogP contribution in [-0.4, -0.2) is 11.4 Å². The minimum Gasteiger partial charge on any atom is -0.508 e. The minimum atomic E-state index is -0.414. The highest BCUT2D eigenvalue weighted by molar-refractivity contribution is 5.80. The van der Waals surface area contributed by atoms with Crippen LogP contribution in [0.4, 0.5) is 0 Å². The molecule has 0 atom stereocenters. The molecule has 92 valence electrons. The fraction of sp³-hybridized carbons (Fsp3) is 0.188. The number of hydrogen-bond donors (Lipinski definition) is 1. The second-order valence-corrected chi connectivity index (χ2v) is 4.85. The van der Waals surface area contributed by atoms with Crippen molar-refractivity contribution in [1.29, 1.82) is 0 Å². The second-order valence-electron chi connectivity index (χ2n) is 4.85. The van der Waals surface area contributed by atoms with Gasteiger partial charge in [0.2, 0.25) is 0 Å². The number of rotatable bonds is 3. The molecular weight excluding hydrogens is 224 g/mol. The van der Waals surface area contributed by atoms with E-state index in [1.54, 1.807) is 18.2 Å². The van der Waals surface area contributed by atoms with Gasteiger partial charge in [-0.2, -0.15) is 0 Å². The van der Waals surface area contributed by atoms with Gasteiger partial charge in [-0.15, -0.1) is 0 Å². The van der Waals surface area contributed by atoms with Crippen LogP contribution in [0.5, 0.6) is 5.75 Å². The van der Waals surface area contributed by atoms with Gasteiger partial charge in [-0.25, -0.2) is 0 Å². The molecule has 2 nitrogen and oxygen atoms in total. The Hall–Kier alpha value is -2.09. The fourth-order valence-electron chi connectivity index (χ4n) is 2.34. The van der Waals surface area contributed by atoms with E-state index in [1.807, 2.05) is 44.2 Å². The van der Waals surface area contributed by atoms with Crippen molar-refractivity contribution in [3.8, 4) is 5.75 Å². The lowest BCUT2D eigenvalue weighted by molar-refractivity contribution is 0.112. The SMILES string of the molecule is CC(C)(c1ccccc1)c1c(O)cccc1C=O. The molecule has 18 heavy (non-hydrogen) atoms. The number of aromatic hydroxyl groups is 1. The van der Waals surface area contributed by atoms with E-state index in [4.69, 9.17) is 0 Å². The van der Waals surface area contributed by atoms with E-state index < -0.39 is 5.41 Å². The predicted molar refractivity (Wildman–Crippen MR) is 72.1 cm³/mol. The Morgan fingerprint density at radius 2 is 1.67 bits per heavy atom. The number of hydrogen-bond acceptors (Lipinski definition) is 2. The molecule has 0 radical (unpaired) electrons. The number of benzene rings is 2. The van der Waals surface area contributed by atoms with Crippen LogP contribution in [0.2, 0.25) is 0 Å². The Morgan fingerprint density at radius 1 is 1.00 bits per heavy atom. The molecule has 1 N–H and O–H groups in total. The van der Waals surface area contributed by atoms with Crippen molar-refractivity contribution in [3.05, 3.63) is 65.2 Å². The van der Waals surface area contributed by atoms with E-state index in [0.29, 0.717) is 11.1 Å². The normalized spacial score (nSPS) is 11.2. The summed E-state index contributed by atoms with van der Waals surface area (Å²) in [5.74, 6) is 0.161. The van der Waals surface area contributed by atoms with Crippen molar-refractivity contribution in [3.63, 3.8) is 0 Å². The lowest BCUT2D eigenvalue weighted by atomic mass is 9.76. The summed E-state index contributed by atoms with van der Waals surface area (Å²) < 4.78 is 0. The van der Waals surface area contributed by atoms with Gasteiger partial charge in [-0.1, -0.05) is 56.3 Å². The van der Waals surface area contributed by atoms with Crippen LogP contribution < -0.4 is 0 Å². The fourth-order valence-corrected chi connectivity index (χ4v) is 2.34. The average molecular weight is 240 g/mol. The Labute approximate surface area is 107 Å². The standard InChI is InChI=1S/C16H16O2/c1-16(2,13-8-4-3-5-9-13)15-12(11-17)7-6-10-14(15)18/h3-11,18H,1-2H3. The predicted octanol–water partition coefficient (Wildman–Crippen LogP) is 3.53. The Bertz CT molecular complexity index is 557. The lowest BCUT2D eigenvalue weighted by Gasteiger charge is -2.28. The van der Waals surface area contributed by atoms with Gasteiger partial charge in [0.05, 0.1) is 0 Å². The largest absolute Gasteiger partial charge is 0.508 e. The van der Waals surface area contributed by atoms with E-state index in [-0.39, 0.29) is 5.75 Å². The molecule has 0 aliphatic rings. The molecule has 0 bridgehead atoms. The van der Waals surface area contributed by atoms with Gasteiger partial charge in [0.1, 0.15) is 12.0 Å². The maximum atomic E-state index is 11.1. The first-order chi connectivity index (χ1) is 8.57. The van der Waals surface area contributed by atoms with Crippen molar-refractivity contribution in [2.24, 2.45) is 0 Å². The third-order valence-electron chi connectivity index (χ3n) is 3.32. The van der Waals surface area contributed by atoms with Gasteiger partial charge in [-0.3, -0.25) is 4.79 Å². The van der Waals surface area contributed by atoms with Crippen LogP contribution in [0.15, 0.2) is 48.5 Å². The summed E-state index contributed by atoms with van der Waals surface area (Å²) in [6, 6.07) is 14.9. The molecule has 2 heteroatoms. The van der Waals surface area contributed by atoms with E-state index in [2.05, 4.69) is 0 Å². The van der Waals surface area contributed by atoms with Gasteiger partial charge >= 0.3 is 0 Å². The van der Waals surface area contributed by atoms with Crippen molar-refractivity contribution in [2.75, 3.05) is 0 Å². The summed E-state index contributed by atoms with van der Waals surface area (Å²) in [7, 11) is 0. The van der Waals surface area contributed by atoms with Crippen LogP contribution in [0.25, 0.3) is 0 Å². The number of phenolic OH excluding ortho intramolecular Hbond substituents is 1. The smallest absolute Gasteiger partial charge is 0.150 e. The Morgan fingerprint density at radius 3 is 2.28 bits per heavy atom. The third-order valence-corrected chi connectivity index (χ3v) is 3.32. The molecule has 0 aromatic heterocycles. The monoisotopic (exact) mass is 240 g/mol. The van der Waals surface area contributed by atoms with Crippen LogP contribution in [0, 0.1) is 0 Å². The molecule has 0 amide bonds. The Kier molecular flexibility index (Phi) is 3.19. The molecular formula is C16H16O2. The highest BCUT2D eigenvalue weighted by atomic mass is 16.3. The van der Waals surface area contributed by atoms with E-state index in [1.165, 1.54) is 0 Å². The van der Waals surface area contributed by atoms with Gasteiger partial charge in [0.15, 0.2) is 0 Å². The van der Waals surface area contributed by atoms with Crippen LogP contribution in [0.3, 0.4) is 0 Å². The zero-order valence-corrected chi connectivity index (χ0v) is 10.6. The summed E-state index contributed by atoms with van der Waals surface area (Å²) >= 11 is 0. The topological polar surface area (TPSA) is 37.3 Å².